The zero-order chi connectivity index (χ0) is 14.8. The molecule has 7 heteroatoms. The monoisotopic (exact) mass is 319 g/mol. The molecule has 0 saturated carbocycles. The molecule has 0 bridgehead atoms. The second kappa shape index (κ2) is 5.79. The molecule has 0 unspecified atom stereocenters. The lowest BCUT2D eigenvalue weighted by molar-refractivity contribution is 0.649. The van der Waals surface area contributed by atoms with Gasteiger partial charge in [-0.15, -0.1) is 5.10 Å². The summed E-state index contributed by atoms with van der Waals surface area (Å²) in [6, 6.07) is 7.34. The molecule has 0 spiro atoms. The topological polar surface area (TPSA) is 56.5 Å². The van der Waals surface area contributed by atoms with Gasteiger partial charge >= 0.3 is 0 Å². The highest BCUT2D eigenvalue weighted by molar-refractivity contribution is 6.43. The average Bonchev–Trinajstić information content (AvgIpc) is 2.92. The van der Waals surface area contributed by atoms with Gasteiger partial charge < -0.3 is 0 Å². The minimum absolute atomic E-state index is 0.443. The van der Waals surface area contributed by atoms with Crippen LogP contribution < -0.4 is 0 Å². The Kier molecular flexibility index (Phi) is 3.86. The van der Waals surface area contributed by atoms with E-state index in [9.17, 15) is 0 Å². The molecular formula is C14H11Cl2N5. The van der Waals surface area contributed by atoms with E-state index in [4.69, 9.17) is 23.2 Å². The quantitative estimate of drug-likeness (QED) is 0.742. The minimum atomic E-state index is 0.443. The van der Waals surface area contributed by atoms with Crippen LogP contribution in [0.15, 0.2) is 36.7 Å². The average molecular weight is 320 g/mol. The number of hydrogen-bond donors (Lipinski definition) is 0. The molecule has 0 amide bonds. The van der Waals surface area contributed by atoms with Gasteiger partial charge in [0.05, 0.1) is 16.6 Å². The lowest BCUT2D eigenvalue weighted by Crippen LogP contribution is -2.06. The third-order valence-electron chi connectivity index (χ3n) is 3.19. The fraction of sp³-hybridized carbons (Fsp3) is 0.143. The van der Waals surface area contributed by atoms with E-state index in [-0.39, 0.29) is 0 Å². The molecule has 2 aromatic heterocycles. The van der Waals surface area contributed by atoms with Crippen LogP contribution in [-0.2, 0) is 6.54 Å². The Morgan fingerprint density at radius 1 is 1.19 bits per heavy atom. The van der Waals surface area contributed by atoms with E-state index >= 15 is 0 Å². The number of halogens is 2. The molecule has 0 fully saturated rings. The Hall–Kier alpha value is -1.98. The van der Waals surface area contributed by atoms with E-state index in [0.29, 0.717) is 28.0 Å². The first-order chi connectivity index (χ1) is 10.2. The zero-order valence-electron chi connectivity index (χ0n) is 11.2. The molecule has 0 aliphatic rings. The van der Waals surface area contributed by atoms with Crippen molar-refractivity contribution in [3.05, 3.63) is 57.8 Å². The smallest absolute Gasteiger partial charge is 0.183 e. The highest BCUT2D eigenvalue weighted by Gasteiger charge is 2.15. The first kappa shape index (κ1) is 14.0. The fourth-order valence-corrected chi connectivity index (χ4v) is 2.39. The van der Waals surface area contributed by atoms with E-state index in [1.54, 1.807) is 23.1 Å². The van der Waals surface area contributed by atoms with Crippen molar-refractivity contribution in [3.63, 3.8) is 0 Å². The van der Waals surface area contributed by atoms with Crippen LogP contribution in [0.1, 0.15) is 11.1 Å². The Morgan fingerprint density at radius 3 is 2.86 bits per heavy atom. The Labute approximate surface area is 131 Å². The maximum atomic E-state index is 6.24. The number of benzene rings is 1. The van der Waals surface area contributed by atoms with Gasteiger partial charge in [-0.05, 0) is 46.7 Å². The molecule has 0 radical (unpaired) electrons. The highest BCUT2D eigenvalue weighted by Crippen LogP contribution is 2.32. The molecule has 0 aliphatic carbocycles. The van der Waals surface area contributed by atoms with Crippen LogP contribution in [0.4, 0.5) is 0 Å². The van der Waals surface area contributed by atoms with E-state index < -0.39 is 0 Å². The first-order valence-corrected chi connectivity index (χ1v) is 7.02. The van der Waals surface area contributed by atoms with Crippen LogP contribution >= 0.6 is 23.2 Å². The number of pyridine rings is 1. The standard InChI is InChI=1S/C14H11Cl2N5/c1-9-5-6-17-7-10(9)8-21-14(18-19-20-21)11-3-2-4-12(15)13(11)16/h2-7H,8H2,1H3. The van der Waals surface area contributed by atoms with Crippen LogP contribution in [0.3, 0.4) is 0 Å². The van der Waals surface area contributed by atoms with Crippen molar-refractivity contribution in [2.24, 2.45) is 0 Å². The van der Waals surface area contributed by atoms with Crippen molar-refractivity contribution in [1.29, 1.82) is 0 Å². The van der Waals surface area contributed by atoms with E-state index in [2.05, 4.69) is 20.5 Å². The molecule has 0 aliphatic heterocycles. The van der Waals surface area contributed by atoms with Crippen molar-refractivity contribution in [3.8, 4) is 11.4 Å². The third kappa shape index (κ3) is 2.75. The van der Waals surface area contributed by atoms with Gasteiger partial charge in [0.1, 0.15) is 0 Å². The second-order valence-corrected chi connectivity index (χ2v) is 5.35. The molecule has 1 aromatic carbocycles. The number of nitrogens with zero attached hydrogens (tertiary/aromatic N) is 5. The third-order valence-corrected chi connectivity index (χ3v) is 4.01. The second-order valence-electron chi connectivity index (χ2n) is 4.56. The Balaban J connectivity index is 2.02. The van der Waals surface area contributed by atoms with E-state index in [1.807, 2.05) is 25.1 Å². The van der Waals surface area contributed by atoms with Crippen molar-refractivity contribution in [2.75, 3.05) is 0 Å². The summed E-state index contributed by atoms with van der Waals surface area (Å²) in [4.78, 5) is 4.13. The van der Waals surface area contributed by atoms with Gasteiger partial charge in [-0.3, -0.25) is 4.98 Å². The number of rotatable bonds is 3. The van der Waals surface area contributed by atoms with Gasteiger partial charge in [-0.25, -0.2) is 4.68 Å². The number of aromatic nitrogens is 5. The first-order valence-electron chi connectivity index (χ1n) is 6.27. The van der Waals surface area contributed by atoms with Gasteiger partial charge in [-0.2, -0.15) is 0 Å². The van der Waals surface area contributed by atoms with Gasteiger partial charge in [0, 0.05) is 18.0 Å². The molecule has 106 valence electrons. The molecule has 21 heavy (non-hydrogen) atoms. The largest absolute Gasteiger partial charge is 0.264 e. The van der Waals surface area contributed by atoms with Gasteiger partial charge in [0.2, 0.25) is 0 Å². The summed E-state index contributed by atoms with van der Waals surface area (Å²) in [6.45, 7) is 2.54. The van der Waals surface area contributed by atoms with Crippen LogP contribution in [0.2, 0.25) is 10.0 Å². The summed E-state index contributed by atoms with van der Waals surface area (Å²) in [5, 5.41) is 12.7. The van der Waals surface area contributed by atoms with Gasteiger partial charge in [0.25, 0.3) is 0 Å². The molecule has 2 heterocycles. The minimum Gasteiger partial charge on any atom is -0.264 e. The van der Waals surface area contributed by atoms with Crippen molar-refractivity contribution >= 4 is 23.2 Å². The van der Waals surface area contributed by atoms with Crippen molar-refractivity contribution in [2.45, 2.75) is 13.5 Å². The lowest BCUT2D eigenvalue weighted by atomic mass is 10.1. The summed E-state index contributed by atoms with van der Waals surface area (Å²) in [7, 11) is 0. The van der Waals surface area contributed by atoms with E-state index in [1.165, 1.54) is 0 Å². The molecular weight excluding hydrogens is 309 g/mol. The summed E-state index contributed by atoms with van der Waals surface area (Å²) in [5.41, 5.74) is 2.88. The normalized spacial score (nSPS) is 10.8. The highest BCUT2D eigenvalue weighted by atomic mass is 35.5. The van der Waals surface area contributed by atoms with Crippen LogP contribution in [0.5, 0.6) is 0 Å². The maximum absolute atomic E-state index is 6.24. The van der Waals surface area contributed by atoms with Crippen molar-refractivity contribution in [1.82, 2.24) is 25.2 Å². The van der Waals surface area contributed by atoms with Crippen LogP contribution in [0.25, 0.3) is 11.4 Å². The SMILES string of the molecule is Cc1ccncc1Cn1nnnc1-c1cccc(Cl)c1Cl. The van der Waals surface area contributed by atoms with Crippen molar-refractivity contribution < 1.29 is 0 Å². The summed E-state index contributed by atoms with van der Waals surface area (Å²) < 4.78 is 1.68. The molecule has 0 saturated heterocycles. The molecule has 0 N–H and O–H groups in total. The summed E-state index contributed by atoms with van der Waals surface area (Å²) in [6.07, 6.45) is 3.56. The van der Waals surface area contributed by atoms with E-state index in [0.717, 1.165) is 11.1 Å². The summed E-state index contributed by atoms with van der Waals surface area (Å²) >= 11 is 12.3. The van der Waals surface area contributed by atoms with Gasteiger partial charge in [0.15, 0.2) is 5.82 Å². The Bertz CT molecular complexity index is 785. The Morgan fingerprint density at radius 2 is 2.05 bits per heavy atom. The van der Waals surface area contributed by atoms with Crippen LogP contribution in [0, 0.1) is 6.92 Å². The predicted octanol–water partition coefficient (Wildman–Crippen LogP) is 3.40. The lowest BCUT2D eigenvalue weighted by Gasteiger charge is -2.08. The molecule has 5 nitrogen and oxygen atoms in total. The summed E-state index contributed by atoms with van der Waals surface area (Å²) in [5.74, 6) is 0.575. The number of aryl methyl sites for hydroxylation is 1. The zero-order valence-corrected chi connectivity index (χ0v) is 12.7. The molecule has 3 aromatic rings. The fourth-order valence-electron chi connectivity index (χ4n) is 2.00. The molecule has 0 atom stereocenters. The number of tetrazole rings is 1. The van der Waals surface area contributed by atoms with Gasteiger partial charge in [-0.1, -0.05) is 29.3 Å². The molecule has 3 rings (SSSR count). The van der Waals surface area contributed by atoms with Crippen LogP contribution in [-0.4, -0.2) is 25.2 Å². The number of hydrogen-bond acceptors (Lipinski definition) is 4. The predicted molar refractivity (Wildman–Crippen MR) is 81.3 cm³/mol. The maximum Gasteiger partial charge on any atom is 0.183 e.